The molecular formula is C20H23Cl2NO2. The molecule has 134 valence electrons. The Morgan fingerprint density at radius 1 is 0.880 bits per heavy atom. The molecule has 5 heteroatoms. The van der Waals surface area contributed by atoms with Crippen LogP contribution < -0.4 is 0 Å². The van der Waals surface area contributed by atoms with Gasteiger partial charge in [0.15, 0.2) is 0 Å². The Bertz CT molecular complexity index is 609. The topological polar surface area (TPSA) is 32.7 Å². The third-order valence-electron chi connectivity index (χ3n) is 4.47. The van der Waals surface area contributed by atoms with E-state index in [0.29, 0.717) is 16.6 Å². The quantitative estimate of drug-likeness (QED) is 0.765. The Hall–Kier alpha value is -1.10. The molecule has 1 atom stereocenters. The van der Waals surface area contributed by atoms with Crippen LogP contribution in [0.25, 0.3) is 0 Å². The lowest BCUT2D eigenvalue weighted by Crippen LogP contribution is -2.33. The Morgan fingerprint density at radius 2 is 1.36 bits per heavy atom. The van der Waals surface area contributed by atoms with Gasteiger partial charge in [-0.05, 0) is 61.3 Å². The first-order valence-corrected chi connectivity index (χ1v) is 9.40. The molecule has 25 heavy (non-hydrogen) atoms. The number of aliphatic hydroxyl groups is 1. The molecule has 1 aliphatic heterocycles. The number of ether oxygens (including phenoxy) is 1. The molecule has 3 nitrogen and oxygen atoms in total. The highest BCUT2D eigenvalue weighted by Crippen LogP contribution is 2.28. The summed E-state index contributed by atoms with van der Waals surface area (Å²) in [5, 5.41) is 11.7. The minimum atomic E-state index is -0.500. The molecule has 2 aromatic carbocycles. The zero-order valence-electron chi connectivity index (χ0n) is 14.1. The van der Waals surface area contributed by atoms with Gasteiger partial charge in [0.25, 0.3) is 0 Å². The molecule has 1 aliphatic rings. The Labute approximate surface area is 159 Å². The summed E-state index contributed by atoms with van der Waals surface area (Å²) < 4.78 is 6.10. The maximum Gasteiger partial charge on any atom is 0.108 e. The number of nitrogens with zero attached hydrogens (tertiary/aromatic N) is 1. The van der Waals surface area contributed by atoms with Gasteiger partial charge >= 0.3 is 0 Å². The molecule has 0 unspecified atom stereocenters. The predicted molar refractivity (Wildman–Crippen MR) is 102 cm³/mol. The summed E-state index contributed by atoms with van der Waals surface area (Å²) in [5.41, 5.74) is 2.00. The number of rotatable bonds is 7. The predicted octanol–water partition coefficient (Wildman–Crippen LogP) is 4.56. The molecule has 0 bridgehead atoms. The third-order valence-corrected chi connectivity index (χ3v) is 4.97. The molecular weight excluding hydrogens is 357 g/mol. The maximum absolute atomic E-state index is 10.3. The number of aliphatic hydroxyl groups excluding tert-OH is 1. The van der Waals surface area contributed by atoms with E-state index in [2.05, 4.69) is 4.90 Å². The Morgan fingerprint density at radius 3 is 1.84 bits per heavy atom. The van der Waals surface area contributed by atoms with E-state index in [0.717, 1.165) is 24.2 Å². The normalized spacial score (nSPS) is 16.5. The van der Waals surface area contributed by atoms with E-state index >= 15 is 0 Å². The van der Waals surface area contributed by atoms with Crippen molar-refractivity contribution in [3.63, 3.8) is 0 Å². The number of benzene rings is 2. The number of likely N-dealkylation sites (tertiary alicyclic amines) is 1. The molecule has 2 aromatic rings. The highest BCUT2D eigenvalue weighted by Gasteiger charge is 2.20. The lowest BCUT2D eigenvalue weighted by molar-refractivity contribution is -0.00571. The fourth-order valence-electron chi connectivity index (χ4n) is 3.18. The fraction of sp³-hybridized carbons (Fsp3) is 0.400. The smallest absolute Gasteiger partial charge is 0.108 e. The van der Waals surface area contributed by atoms with Gasteiger partial charge in [-0.15, -0.1) is 0 Å². The SMILES string of the molecule is O[C@@H](COC(c1ccc(Cl)cc1)c1ccc(Cl)cc1)CN1CCCC1. The number of hydrogen-bond acceptors (Lipinski definition) is 3. The van der Waals surface area contributed by atoms with E-state index in [1.807, 2.05) is 48.5 Å². The fourth-order valence-corrected chi connectivity index (χ4v) is 3.44. The second-order valence-corrected chi connectivity index (χ2v) is 7.35. The van der Waals surface area contributed by atoms with Gasteiger partial charge in [-0.25, -0.2) is 0 Å². The van der Waals surface area contributed by atoms with Crippen LogP contribution in [0.1, 0.15) is 30.1 Å². The van der Waals surface area contributed by atoms with Gasteiger partial charge in [-0.3, -0.25) is 0 Å². The lowest BCUT2D eigenvalue weighted by Gasteiger charge is -2.23. The molecule has 0 spiro atoms. The van der Waals surface area contributed by atoms with E-state index in [9.17, 15) is 5.11 Å². The first kappa shape index (κ1) is 18.7. The van der Waals surface area contributed by atoms with Crippen LogP contribution in [-0.4, -0.2) is 42.4 Å². The van der Waals surface area contributed by atoms with Crippen LogP contribution in [0.4, 0.5) is 0 Å². The van der Waals surface area contributed by atoms with E-state index in [1.165, 1.54) is 12.8 Å². The Kier molecular flexibility index (Phi) is 6.74. The highest BCUT2D eigenvalue weighted by molar-refractivity contribution is 6.30. The standard InChI is InChI=1S/C20H23Cl2NO2/c21-17-7-3-15(4-8-17)20(16-5-9-18(22)10-6-16)25-14-19(24)13-23-11-1-2-12-23/h3-10,19-20,24H,1-2,11-14H2/t19-/m1/s1. The van der Waals surface area contributed by atoms with Crippen LogP contribution in [-0.2, 0) is 4.74 Å². The zero-order chi connectivity index (χ0) is 17.6. The minimum absolute atomic E-state index is 0.261. The molecule has 1 saturated heterocycles. The van der Waals surface area contributed by atoms with Crippen LogP contribution in [0.2, 0.25) is 10.0 Å². The van der Waals surface area contributed by atoms with Gasteiger partial charge in [0.1, 0.15) is 6.10 Å². The van der Waals surface area contributed by atoms with Crippen molar-refractivity contribution in [2.75, 3.05) is 26.2 Å². The third kappa shape index (κ3) is 5.44. The minimum Gasteiger partial charge on any atom is -0.389 e. The van der Waals surface area contributed by atoms with Gasteiger partial charge in [0, 0.05) is 16.6 Å². The van der Waals surface area contributed by atoms with Crippen molar-refractivity contribution in [3.05, 3.63) is 69.7 Å². The molecule has 3 rings (SSSR count). The number of β-amino-alcohol motifs (C(OH)–C–C–N with tert-alkyl or cyclic N) is 1. The van der Waals surface area contributed by atoms with Crippen molar-refractivity contribution >= 4 is 23.2 Å². The largest absolute Gasteiger partial charge is 0.389 e. The first-order chi connectivity index (χ1) is 12.1. The summed E-state index contributed by atoms with van der Waals surface area (Å²) in [5.74, 6) is 0. The summed E-state index contributed by atoms with van der Waals surface area (Å²) in [6.07, 6.45) is 1.67. The van der Waals surface area contributed by atoms with Crippen molar-refractivity contribution < 1.29 is 9.84 Å². The molecule has 1 fully saturated rings. The van der Waals surface area contributed by atoms with Crippen molar-refractivity contribution in [1.29, 1.82) is 0 Å². The van der Waals surface area contributed by atoms with Crippen molar-refractivity contribution in [2.45, 2.75) is 25.0 Å². The summed E-state index contributed by atoms with van der Waals surface area (Å²) in [7, 11) is 0. The van der Waals surface area contributed by atoms with Crippen LogP contribution in [0, 0.1) is 0 Å². The molecule has 0 aliphatic carbocycles. The average Bonchev–Trinajstić information content (AvgIpc) is 3.11. The van der Waals surface area contributed by atoms with Crippen molar-refractivity contribution in [2.24, 2.45) is 0 Å². The average molecular weight is 380 g/mol. The molecule has 0 radical (unpaired) electrons. The maximum atomic E-state index is 10.3. The molecule has 0 amide bonds. The number of halogens is 2. The van der Waals surface area contributed by atoms with Crippen molar-refractivity contribution in [3.8, 4) is 0 Å². The Balaban J connectivity index is 1.69. The summed E-state index contributed by atoms with van der Waals surface area (Å²) >= 11 is 12.0. The molecule has 0 aromatic heterocycles. The van der Waals surface area contributed by atoms with Crippen molar-refractivity contribution in [1.82, 2.24) is 4.90 Å². The van der Waals surface area contributed by atoms with Crippen LogP contribution in [0.5, 0.6) is 0 Å². The van der Waals surface area contributed by atoms with Gasteiger partial charge < -0.3 is 14.7 Å². The highest BCUT2D eigenvalue weighted by atomic mass is 35.5. The first-order valence-electron chi connectivity index (χ1n) is 8.65. The number of hydrogen-bond donors (Lipinski definition) is 1. The van der Waals surface area contributed by atoms with Crippen LogP contribution >= 0.6 is 23.2 Å². The van der Waals surface area contributed by atoms with E-state index < -0.39 is 6.10 Å². The second kappa shape index (κ2) is 9.02. The van der Waals surface area contributed by atoms with E-state index in [1.54, 1.807) is 0 Å². The molecule has 1 heterocycles. The van der Waals surface area contributed by atoms with Gasteiger partial charge in [0.2, 0.25) is 0 Å². The summed E-state index contributed by atoms with van der Waals surface area (Å²) in [6, 6.07) is 15.2. The summed E-state index contributed by atoms with van der Waals surface area (Å²) in [6.45, 7) is 3.07. The monoisotopic (exact) mass is 379 g/mol. The molecule has 0 saturated carbocycles. The summed E-state index contributed by atoms with van der Waals surface area (Å²) in [4.78, 5) is 2.29. The van der Waals surface area contributed by atoms with Crippen LogP contribution in [0.3, 0.4) is 0 Å². The lowest BCUT2D eigenvalue weighted by atomic mass is 10.0. The van der Waals surface area contributed by atoms with Gasteiger partial charge in [-0.2, -0.15) is 0 Å². The van der Waals surface area contributed by atoms with Gasteiger partial charge in [0.05, 0.1) is 12.7 Å². The zero-order valence-corrected chi connectivity index (χ0v) is 15.6. The second-order valence-electron chi connectivity index (χ2n) is 6.48. The van der Waals surface area contributed by atoms with Gasteiger partial charge in [-0.1, -0.05) is 47.5 Å². The van der Waals surface area contributed by atoms with E-state index in [4.69, 9.17) is 27.9 Å². The van der Waals surface area contributed by atoms with Crippen LogP contribution in [0.15, 0.2) is 48.5 Å². The van der Waals surface area contributed by atoms with E-state index in [-0.39, 0.29) is 12.7 Å². The molecule has 1 N–H and O–H groups in total.